The Balaban J connectivity index is 2.33. The van der Waals surface area contributed by atoms with Gasteiger partial charge in [-0.25, -0.2) is 9.78 Å². The summed E-state index contributed by atoms with van der Waals surface area (Å²) in [7, 11) is 0. The molecular weight excluding hydrogens is 258 g/mol. The zero-order valence-electron chi connectivity index (χ0n) is 9.67. The van der Waals surface area contributed by atoms with E-state index in [4.69, 9.17) is 5.11 Å². The predicted molar refractivity (Wildman–Crippen MR) is 64.1 cm³/mol. The maximum Gasteiger partial charge on any atom is 0.321 e. The Morgan fingerprint density at radius 3 is 2.72 bits per heavy atom. The van der Waals surface area contributed by atoms with E-state index >= 15 is 0 Å². The van der Waals surface area contributed by atoms with Gasteiger partial charge in [-0.1, -0.05) is 0 Å². The number of imide groups is 1. The number of hydrogen-bond donors (Lipinski definition) is 3. The molecule has 0 saturated carbocycles. The molecule has 98 valence electrons. The average Bonchev–Trinajstić information content (AvgIpc) is 2.79. The van der Waals surface area contributed by atoms with Crippen LogP contribution in [0.4, 0.5) is 4.79 Å². The molecule has 1 unspecified atom stereocenters. The number of carboxylic acids is 1. The molecule has 3 amide bonds. The van der Waals surface area contributed by atoms with Crippen LogP contribution in [0.5, 0.6) is 0 Å². The van der Waals surface area contributed by atoms with Gasteiger partial charge in [-0.2, -0.15) is 0 Å². The van der Waals surface area contributed by atoms with E-state index in [1.54, 1.807) is 18.5 Å². The summed E-state index contributed by atoms with van der Waals surface area (Å²) in [4.78, 5) is 36.8. The zero-order chi connectivity index (χ0) is 13.5. The average molecular weight is 271 g/mol. The van der Waals surface area contributed by atoms with Gasteiger partial charge in [0.25, 0.3) is 0 Å². The van der Waals surface area contributed by atoms with Gasteiger partial charge in [0, 0.05) is 18.0 Å². The van der Waals surface area contributed by atoms with E-state index in [1.165, 1.54) is 11.3 Å². The van der Waals surface area contributed by atoms with Gasteiger partial charge >= 0.3 is 12.0 Å². The van der Waals surface area contributed by atoms with Crippen molar-refractivity contribution in [1.29, 1.82) is 0 Å². The summed E-state index contributed by atoms with van der Waals surface area (Å²) in [5.41, 5.74) is 0. The fourth-order valence-electron chi connectivity index (χ4n) is 1.15. The highest BCUT2D eigenvalue weighted by molar-refractivity contribution is 7.09. The van der Waals surface area contributed by atoms with Gasteiger partial charge in [0.05, 0.1) is 12.5 Å². The highest BCUT2D eigenvalue weighted by Gasteiger charge is 2.14. The molecule has 18 heavy (non-hydrogen) atoms. The highest BCUT2D eigenvalue weighted by atomic mass is 32.1. The Kier molecular flexibility index (Phi) is 5.25. The molecule has 7 nitrogen and oxygen atoms in total. The maximum atomic E-state index is 11.4. The molecule has 8 heteroatoms. The number of aliphatic carboxylic acids is 1. The molecule has 3 N–H and O–H groups in total. The third-order valence-electron chi connectivity index (χ3n) is 1.99. The van der Waals surface area contributed by atoms with Crippen molar-refractivity contribution in [2.75, 3.05) is 0 Å². The lowest BCUT2D eigenvalue weighted by molar-refractivity contribution is -0.138. The van der Waals surface area contributed by atoms with Crippen LogP contribution in [0.1, 0.15) is 30.8 Å². The van der Waals surface area contributed by atoms with E-state index in [-0.39, 0.29) is 18.9 Å². The third kappa shape index (κ3) is 4.91. The van der Waals surface area contributed by atoms with Crippen molar-refractivity contribution in [3.05, 3.63) is 16.6 Å². The molecule has 1 atom stereocenters. The third-order valence-corrected chi connectivity index (χ3v) is 2.95. The molecule has 0 saturated heterocycles. The molecular formula is C10H13N3O4S. The van der Waals surface area contributed by atoms with Crippen molar-refractivity contribution in [1.82, 2.24) is 15.6 Å². The molecule has 1 rings (SSSR count). The number of rotatable bonds is 5. The van der Waals surface area contributed by atoms with Crippen LogP contribution in [-0.4, -0.2) is 28.0 Å². The van der Waals surface area contributed by atoms with Crippen molar-refractivity contribution >= 4 is 29.2 Å². The van der Waals surface area contributed by atoms with E-state index in [2.05, 4.69) is 15.6 Å². The quantitative estimate of drug-likeness (QED) is 0.737. The Bertz CT molecular complexity index is 432. The smallest absolute Gasteiger partial charge is 0.321 e. The molecule has 0 aliphatic rings. The number of urea groups is 1. The molecule has 0 fully saturated rings. The standard InChI is InChI=1S/C10H13N3O4S/c1-6(9-11-4-5-18-9)12-10(17)13-7(14)2-3-8(15)16/h4-6H,2-3H2,1H3,(H,15,16)(H2,12,13,14,17). The van der Waals surface area contributed by atoms with Crippen LogP contribution < -0.4 is 10.6 Å². The van der Waals surface area contributed by atoms with Gasteiger partial charge in [0.1, 0.15) is 5.01 Å². The first kappa shape index (κ1) is 14.1. The van der Waals surface area contributed by atoms with Gasteiger partial charge < -0.3 is 10.4 Å². The molecule has 1 aromatic heterocycles. The van der Waals surface area contributed by atoms with Gasteiger partial charge in [0.2, 0.25) is 5.91 Å². The number of carboxylic acid groups (broad SMARTS) is 1. The molecule has 0 bridgehead atoms. The van der Waals surface area contributed by atoms with Crippen molar-refractivity contribution in [3.8, 4) is 0 Å². The Labute approximate surface area is 107 Å². The van der Waals surface area contributed by atoms with Crippen molar-refractivity contribution in [2.24, 2.45) is 0 Å². The number of nitrogens with zero attached hydrogens (tertiary/aromatic N) is 1. The van der Waals surface area contributed by atoms with Crippen molar-refractivity contribution in [3.63, 3.8) is 0 Å². The summed E-state index contributed by atoms with van der Waals surface area (Å²) in [6.07, 6.45) is 1.09. The first-order valence-electron chi connectivity index (χ1n) is 5.20. The Morgan fingerprint density at radius 1 is 1.44 bits per heavy atom. The number of thiazole rings is 1. The van der Waals surface area contributed by atoms with Crippen LogP contribution in [-0.2, 0) is 9.59 Å². The second-order valence-corrected chi connectivity index (χ2v) is 4.43. The second kappa shape index (κ2) is 6.70. The van der Waals surface area contributed by atoms with Gasteiger partial charge in [-0.05, 0) is 6.92 Å². The molecule has 0 radical (unpaired) electrons. The number of amides is 3. The number of hydrogen-bond acceptors (Lipinski definition) is 5. The Morgan fingerprint density at radius 2 is 2.17 bits per heavy atom. The summed E-state index contributed by atoms with van der Waals surface area (Å²) in [6, 6.07) is -0.967. The van der Waals surface area contributed by atoms with Crippen LogP contribution >= 0.6 is 11.3 Å². The SMILES string of the molecule is CC(NC(=O)NC(=O)CCC(=O)O)c1nccs1. The van der Waals surface area contributed by atoms with Crippen LogP contribution in [0.2, 0.25) is 0 Å². The molecule has 1 aromatic rings. The first-order valence-corrected chi connectivity index (χ1v) is 6.08. The summed E-state index contributed by atoms with van der Waals surface area (Å²) in [5.74, 6) is -1.71. The van der Waals surface area contributed by atoms with Crippen molar-refractivity contribution < 1.29 is 19.5 Å². The maximum absolute atomic E-state index is 11.4. The van der Waals surface area contributed by atoms with Gasteiger partial charge in [0.15, 0.2) is 0 Å². The number of aromatic nitrogens is 1. The molecule has 0 aliphatic heterocycles. The second-order valence-electron chi connectivity index (χ2n) is 3.51. The highest BCUT2D eigenvalue weighted by Crippen LogP contribution is 2.14. The van der Waals surface area contributed by atoms with E-state index in [0.29, 0.717) is 0 Å². The summed E-state index contributed by atoms with van der Waals surface area (Å²) < 4.78 is 0. The Hall–Kier alpha value is -1.96. The van der Waals surface area contributed by atoms with E-state index in [1.807, 2.05) is 0 Å². The topological polar surface area (TPSA) is 108 Å². The number of nitrogens with one attached hydrogen (secondary N) is 2. The summed E-state index contributed by atoms with van der Waals surface area (Å²) in [6.45, 7) is 1.74. The molecule has 1 heterocycles. The fraction of sp³-hybridized carbons (Fsp3) is 0.400. The summed E-state index contributed by atoms with van der Waals surface area (Å²) >= 11 is 1.39. The monoisotopic (exact) mass is 271 g/mol. The van der Waals surface area contributed by atoms with Crippen LogP contribution in [0, 0.1) is 0 Å². The lowest BCUT2D eigenvalue weighted by atomic mass is 10.3. The minimum absolute atomic E-state index is 0.228. The molecule has 0 aromatic carbocycles. The summed E-state index contributed by atoms with van der Waals surface area (Å²) in [5, 5.41) is 15.5. The lowest BCUT2D eigenvalue weighted by Crippen LogP contribution is -2.40. The first-order chi connectivity index (χ1) is 8.49. The van der Waals surface area contributed by atoms with E-state index < -0.39 is 17.9 Å². The largest absolute Gasteiger partial charge is 0.481 e. The normalized spacial score (nSPS) is 11.6. The van der Waals surface area contributed by atoms with Crippen LogP contribution in [0.3, 0.4) is 0 Å². The molecule has 0 aliphatic carbocycles. The number of carbonyl (C=O) groups is 3. The minimum Gasteiger partial charge on any atom is -0.481 e. The zero-order valence-corrected chi connectivity index (χ0v) is 10.5. The molecule has 0 spiro atoms. The fourth-order valence-corrected chi connectivity index (χ4v) is 1.80. The van der Waals surface area contributed by atoms with Crippen LogP contribution in [0.25, 0.3) is 0 Å². The predicted octanol–water partition coefficient (Wildman–Crippen LogP) is 0.895. The minimum atomic E-state index is -1.08. The lowest BCUT2D eigenvalue weighted by Gasteiger charge is -2.11. The van der Waals surface area contributed by atoms with Crippen LogP contribution in [0.15, 0.2) is 11.6 Å². The van der Waals surface area contributed by atoms with Gasteiger partial charge in [-0.3, -0.25) is 14.9 Å². The van der Waals surface area contributed by atoms with E-state index in [9.17, 15) is 14.4 Å². The van der Waals surface area contributed by atoms with Gasteiger partial charge in [-0.15, -0.1) is 11.3 Å². The van der Waals surface area contributed by atoms with Crippen molar-refractivity contribution in [2.45, 2.75) is 25.8 Å². The van der Waals surface area contributed by atoms with E-state index in [0.717, 1.165) is 5.01 Å². The number of carbonyl (C=O) groups excluding carboxylic acids is 2.